The van der Waals surface area contributed by atoms with Crippen molar-refractivity contribution in [2.75, 3.05) is 23.7 Å². The highest BCUT2D eigenvalue weighted by Crippen LogP contribution is 2.31. The molecule has 3 N–H and O–H groups in total. The summed E-state index contributed by atoms with van der Waals surface area (Å²) < 4.78 is 42.2. The number of carbonyl (C=O) groups is 1. The van der Waals surface area contributed by atoms with Gasteiger partial charge in [0.2, 0.25) is 0 Å². The summed E-state index contributed by atoms with van der Waals surface area (Å²) in [5, 5.41) is 7.84. The van der Waals surface area contributed by atoms with Crippen LogP contribution in [0.15, 0.2) is 55.0 Å². The van der Waals surface area contributed by atoms with Crippen LogP contribution in [0, 0.1) is 5.92 Å². The van der Waals surface area contributed by atoms with E-state index in [-0.39, 0.29) is 13.1 Å². The molecule has 0 radical (unpaired) electrons. The number of rotatable bonds is 6. The topological polar surface area (TPSA) is 102 Å². The molecule has 1 atom stereocenters. The molecule has 3 aromatic heterocycles. The summed E-state index contributed by atoms with van der Waals surface area (Å²) in [5.41, 5.74) is 5.50. The predicted molar refractivity (Wildman–Crippen MR) is 134 cm³/mol. The molecule has 1 fully saturated rings. The number of amides is 1. The first kappa shape index (κ1) is 24.5. The number of nitrogens with two attached hydrogens (primary N) is 1. The Morgan fingerprint density at radius 2 is 1.97 bits per heavy atom. The van der Waals surface area contributed by atoms with Gasteiger partial charge < -0.3 is 16.0 Å². The minimum atomic E-state index is -4.78. The van der Waals surface area contributed by atoms with E-state index in [9.17, 15) is 18.0 Å². The maximum absolute atomic E-state index is 13.7. The van der Waals surface area contributed by atoms with Gasteiger partial charge in [0, 0.05) is 43.6 Å². The van der Waals surface area contributed by atoms with Gasteiger partial charge >= 0.3 is 6.18 Å². The smallest absolute Gasteiger partial charge is 0.383 e. The van der Waals surface area contributed by atoms with Gasteiger partial charge in [-0.15, -0.1) is 0 Å². The molecule has 1 aromatic carbocycles. The number of fused-ring (bicyclic) bond motifs is 1. The summed E-state index contributed by atoms with van der Waals surface area (Å²) in [6.07, 6.45) is 0.657. The lowest BCUT2D eigenvalue weighted by Gasteiger charge is -2.17. The van der Waals surface area contributed by atoms with E-state index in [1.165, 1.54) is 0 Å². The Morgan fingerprint density at radius 3 is 2.68 bits per heavy atom. The third-order valence-corrected chi connectivity index (χ3v) is 6.49. The average Bonchev–Trinajstić information content (AvgIpc) is 3.50. The molecule has 37 heavy (non-hydrogen) atoms. The minimum Gasteiger partial charge on any atom is -0.383 e. The Morgan fingerprint density at radius 1 is 1.16 bits per heavy atom. The second-order valence-corrected chi connectivity index (χ2v) is 9.39. The van der Waals surface area contributed by atoms with Crippen LogP contribution in [0.25, 0.3) is 10.8 Å². The van der Waals surface area contributed by atoms with Gasteiger partial charge in [-0.2, -0.15) is 18.3 Å². The van der Waals surface area contributed by atoms with Gasteiger partial charge in [-0.25, -0.2) is 9.97 Å². The number of nitrogen functional groups attached to an aromatic ring is 1. The second kappa shape index (κ2) is 9.72. The number of carbonyl (C=O) groups excluding carboxylic acids is 1. The zero-order valence-corrected chi connectivity index (χ0v) is 20.2. The fourth-order valence-electron chi connectivity index (χ4n) is 4.54. The normalized spacial score (nSPS) is 15.9. The van der Waals surface area contributed by atoms with Gasteiger partial charge in [0.1, 0.15) is 11.6 Å². The van der Waals surface area contributed by atoms with Crippen LogP contribution in [0.5, 0.6) is 0 Å². The van der Waals surface area contributed by atoms with E-state index in [2.05, 4.69) is 32.2 Å². The summed E-state index contributed by atoms with van der Waals surface area (Å²) >= 11 is 0. The molecule has 0 aliphatic carbocycles. The monoisotopic (exact) mass is 509 g/mol. The van der Waals surface area contributed by atoms with Gasteiger partial charge in [0.25, 0.3) is 5.91 Å². The van der Waals surface area contributed by atoms with E-state index in [1.54, 1.807) is 36.7 Å². The third kappa shape index (κ3) is 5.35. The fraction of sp³-hybridized carbons (Fsp3) is 0.308. The van der Waals surface area contributed by atoms with Gasteiger partial charge in [0.15, 0.2) is 5.69 Å². The molecule has 1 aliphatic rings. The van der Waals surface area contributed by atoms with Gasteiger partial charge in [-0.1, -0.05) is 25.1 Å². The van der Waals surface area contributed by atoms with E-state index in [0.29, 0.717) is 22.9 Å². The first-order chi connectivity index (χ1) is 17.7. The highest BCUT2D eigenvalue weighted by Gasteiger charge is 2.39. The van der Waals surface area contributed by atoms with E-state index in [1.807, 2.05) is 12.1 Å². The lowest BCUT2D eigenvalue weighted by atomic mass is 10.1. The number of anilines is 2. The summed E-state index contributed by atoms with van der Waals surface area (Å²) in [4.78, 5) is 23.5. The minimum absolute atomic E-state index is 0.0416. The van der Waals surface area contributed by atoms with Crippen molar-refractivity contribution in [2.24, 2.45) is 5.92 Å². The third-order valence-electron chi connectivity index (χ3n) is 6.49. The number of nitrogens with one attached hydrogen (secondary N) is 1. The van der Waals surface area contributed by atoms with E-state index >= 15 is 0 Å². The lowest BCUT2D eigenvalue weighted by molar-refractivity contribution is -0.141. The Kier molecular flexibility index (Phi) is 6.45. The quantitative estimate of drug-likeness (QED) is 0.403. The van der Waals surface area contributed by atoms with Crippen molar-refractivity contribution in [1.29, 1.82) is 0 Å². The van der Waals surface area contributed by atoms with Gasteiger partial charge in [-0.3, -0.25) is 9.48 Å². The van der Waals surface area contributed by atoms with Crippen LogP contribution >= 0.6 is 0 Å². The lowest BCUT2D eigenvalue weighted by Crippen LogP contribution is -2.25. The summed E-state index contributed by atoms with van der Waals surface area (Å²) in [6.45, 7) is 4.15. The molecule has 1 saturated heterocycles. The molecular formula is C26H26F3N7O. The number of aromatic nitrogens is 4. The molecule has 4 aromatic rings. The second-order valence-electron chi connectivity index (χ2n) is 9.39. The number of benzene rings is 1. The molecule has 0 bridgehead atoms. The van der Waals surface area contributed by atoms with Crippen LogP contribution < -0.4 is 16.0 Å². The highest BCUT2D eigenvalue weighted by molar-refractivity contribution is 5.95. The van der Waals surface area contributed by atoms with Crippen LogP contribution in [0.2, 0.25) is 0 Å². The number of halogens is 3. The van der Waals surface area contributed by atoms with E-state index < -0.39 is 23.3 Å². The Balaban J connectivity index is 1.30. The first-order valence-corrected chi connectivity index (χ1v) is 11.9. The first-order valence-electron chi connectivity index (χ1n) is 11.9. The molecule has 1 amide bonds. The maximum Gasteiger partial charge on any atom is 0.435 e. The number of pyridine rings is 2. The van der Waals surface area contributed by atoms with Crippen molar-refractivity contribution in [3.05, 3.63) is 77.4 Å². The van der Waals surface area contributed by atoms with Crippen LogP contribution in [0.4, 0.5) is 24.8 Å². The van der Waals surface area contributed by atoms with E-state index in [0.717, 1.165) is 47.0 Å². The zero-order chi connectivity index (χ0) is 26.2. The largest absolute Gasteiger partial charge is 0.435 e. The standard InChI is InChI=1S/C26H26F3N7O/c1-16-7-9-35(13-16)22-5-3-18(12-32-22)14-36-15-21(23(34-36)26(27,28)29)25(37)33-11-17-2-4-20-19(10-17)6-8-31-24(20)30/h2-6,8,10,12,15-16H,7,9,11,13-14H2,1H3,(H2,30,31)(H,33,37)/t16-/m1/s1. The number of hydrogen-bond acceptors (Lipinski definition) is 6. The fourth-order valence-corrected chi connectivity index (χ4v) is 4.54. The van der Waals surface area contributed by atoms with Crippen molar-refractivity contribution in [2.45, 2.75) is 32.6 Å². The Bertz CT molecular complexity index is 1430. The molecule has 4 heterocycles. The molecule has 0 unspecified atom stereocenters. The van der Waals surface area contributed by atoms with Gasteiger partial charge in [-0.05, 0) is 47.1 Å². The Labute approximate surface area is 211 Å². The molecule has 8 nitrogen and oxygen atoms in total. The SMILES string of the molecule is C[C@@H]1CCN(c2ccc(Cn3cc(C(=O)NCc4ccc5c(N)nccc5c4)c(C(F)(F)F)n3)cn2)C1. The zero-order valence-electron chi connectivity index (χ0n) is 20.2. The average molecular weight is 510 g/mol. The maximum atomic E-state index is 13.7. The molecule has 0 spiro atoms. The van der Waals surface area contributed by atoms with Crippen LogP contribution in [-0.2, 0) is 19.3 Å². The van der Waals surface area contributed by atoms with Crippen molar-refractivity contribution in [3.63, 3.8) is 0 Å². The van der Waals surface area contributed by atoms with Crippen LogP contribution in [0.1, 0.15) is 40.5 Å². The molecule has 5 rings (SSSR count). The molecular weight excluding hydrogens is 483 g/mol. The summed E-state index contributed by atoms with van der Waals surface area (Å²) in [7, 11) is 0. The van der Waals surface area contributed by atoms with Crippen molar-refractivity contribution in [3.8, 4) is 0 Å². The van der Waals surface area contributed by atoms with E-state index in [4.69, 9.17) is 5.73 Å². The van der Waals surface area contributed by atoms with Crippen LogP contribution in [-0.4, -0.2) is 38.7 Å². The summed E-state index contributed by atoms with van der Waals surface area (Å²) in [5.74, 6) is 0.973. The van der Waals surface area contributed by atoms with Crippen molar-refractivity contribution >= 4 is 28.3 Å². The molecule has 192 valence electrons. The summed E-state index contributed by atoms with van der Waals surface area (Å²) in [6, 6.07) is 10.8. The predicted octanol–water partition coefficient (Wildman–Crippen LogP) is 4.25. The Hall–Kier alpha value is -4.15. The van der Waals surface area contributed by atoms with Crippen LogP contribution in [0.3, 0.4) is 0 Å². The highest BCUT2D eigenvalue weighted by atomic mass is 19.4. The molecule has 1 aliphatic heterocycles. The van der Waals surface area contributed by atoms with Gasteiger partial charge in [0.05, 0.1) is 12.1 Å². The van der Waals surface area contributed by atoms with Crippen molar-refractivity contribution in [1.82, 2.24) is 25.1 Å². The number of nitrogens with zero attached hydrogens (tertiary/aromatic N) is 5. The molecule has 0 saturated carbocycles. The number of alkyl halides is 3. The molecule has 11 heteroatoms. The number of hydrogen-bond donors (Lipinski definition) is 2. The van der Waals surface area contributed by atoms with Crippen molar-refractivity contribution < 1.29 is 18.0 Å².